The normalized spacial score (nSPS) is 14.5. The van der Waals surface area contributed by atoms with E-state index in [0.717, 1.165) is 30.8 Å². The van der Waals surface area contributed by atoms with Crippen LogP contribution in [0.15, 0.2) is 30.5 Å². The fourth-order valence-electron chi connectivity index (χ4n) is 2.56. The minimum atomic E-state index is -0.960. The summed E-state index contributed by atoms with van der Waals surface area (Å²) in [5.74, 6) is 0.0535. The fraction of sp³-hybridized carbons (Fsp3) is 0.375. The second kappa shape index (κ2) is 5.81. The van der Waals surface area contributed by atoms with Gasteiger partial charge in [-0.2, -0.15) is 0 Å². The van der Waals surface area contributed by atoms with Crippen LogP contribution in [0.4, 0.5) is 0 Å². The molecule has 1 saturated carbocycles. The highest BCUT2D eigenvalue weighted by molar-refractivity contribution is 5.85. The molecule has 1 heterocycles. The lowest BCUT2D eigenvalue weighted by molar-refractivity contribution is 0.0685. The van der Waals surface area contributed by atoms with E-state index in [9.17, 15) is 9.90 Å². The lowest BCUT2D eigenvalue weighted by Gasteiger charge is -2.22. The second-order valence-corrected chi connectivity index (χ2v) is 5.73. The van der Waals surface area contributed by atoms with Crippen LogP contribution in [0, 0.1) is 0 Å². The number of carboxylic acid groups (broad SMARTS) is 1. The van der Waals surface area contributed by atoms with Crippen LogP contribution >= 0.6 is 0 Å². The molecule has 1 fully saturated rings. The summed E-state index contributed by atoms with van der Waals surface area (Å²) in [6.45, 7) is 1.38. The molecule has 1 aromatic heterocycles. The first-order valence-corrected chi connectivity index (χ1v) is 7.30. The van der Waals surface area contributed by atoms with E-state index < -0.39 is 5.97 Å². The molecule has 1 aliphatic carbocycles. The molecule has 1 aromatic carbocycles. The summed E-state index contributed by atoms with van der Waals surface area (Å²) >= 11 is 0. The summed E-state index contributed by atoms with van der Waals surface area (Å²) in [6, 6.07) is 7.71. The number of phenolic OH excluding ortho intramolecular Hbond substituents is 1. The Kier molecular flexibility index (Phi) is 3.85. The summed E-state index contributed by atoms with van der Waals surface area (Å²) < 4.78 is 1.63. The zero-order valence-electron chi connectivity index (χ0n) is 12.4. The van der Waals surface area contributed by atoms with E-state index in [1.807, 2.05) is 12.1 Å². The standard InChI is InChI=1S/C16H19N3O3/c1-18-14(16(21)22)8-17-15(18)10-19(12-4-5-12)9-11-2-6-13(20)7-3-11/h2-3,6-8,12,20H,4-5,9-10H2,1H3,(H,21,22). The van der Waals surface area contributed by atoms with Crippen molar-refractivity contribution >= 4 is 5.97 Å². The van der Waals surface area contributed by atoms with Crippen molar-refractivity contribution in [2.24, 2.45) is 7.05 Å². The Hall–Kier alpha value is -2.34. The largest absolute Gasteiger partial charge is 0.508 e. The molecule has 1 aliphatic rings. The lowest BCUT2D eigenvalue weighted by Crippen LogP contribution is -2.26. The monoisotopic (exact) mass is 301 g/mol. The van der Waals surface area contributed by atoms with Crippen LogP contribution in [0.2, 0.25) is 0 Å². The molecular formula is C16H19N3O3. The van der Waals surface area contributed by atoms with Crippen molar-refractivity contribution in [3.05, 3.63) is 47.5 Å². The van der Waals surface area contributed by atoms with Gasteiger partial charge in [0, 0.05) is 19.6 Å². The Bertz CT molecular complexity index is 674. The zero-order valence-corrected chi connectivity index (χ0v) is 12.4. The zero-order chi connectivity index (χ0) is 15.7. The smallest absolute Gasteiger partial charge is 0.354 e. The van der Waals surface area contributed by atoms with Gasteiger partial charge in [-0.05, 0) is 30.5 Å². The third-order valence-corrected chi connectivity index (χ3v) is 4.03. The topological polar surface area (TPSA) is 78.6 Å². The maximum atomic E-state index is 11.1. The Labute approximate surface area is 128 Å². The predicted molar refractivity (Wildman–Crippen MR) is 80.5 cm³/mol. The van der Waals surface area contributed by atoms with Crippen LogP contribution in [0.5, 0.6) is 5.75 Å². The molecular weight excluding hydrogens is 282 g/mol. The Balaban J connectivity index is 1.75. The molecule has 2 aromatic rings. The fourth-order valence-corrected chi connectivity index (χ4v) is 2.56. The summed E-state index contributed by atoms with van der Waals surface area (Å²) in [5.41, 5.74) is 1.33. The van der Waals surface area contributed by atoms with Crippen LogP contribution in [0.1, 0.15) is 34.7 Å². The molecule has 0 spiro atoms. The maximum absolute atomic E-state index is 11.1. The molecule has 0 radical (unpaired) electrons. The van der Waals surface area contributed by atoms with E-state index in [1.165, 1.54) is 6.20 Å². The number of aromatic nitrogens is 2. The molecule has 6 heteroatoms. The number of nitrogens with zero attached hydrogens (tertiary/aromatic N) is 3. The van der Waals surface area contributed by atoms with Crippen molar-refractivity contribution in [1.82, 2.24) is 14.5 Å². The van der Waals surface area contributed by atoms with Gasteiger partial charge in [-0.1, -0.05) is 12.1 Å². The van der Waals surface area contributed by atoms with E-state index in [-0.39, 0.29) is 11.4 Å². The molecule has 2 N–H and O–H groups in total. The van der Waals surface area contributed by atoms with Crippen molar-refractivity contribution in [1.29, 1.82) is 0 Å². The quantitative estimate of drug-likeness (QED) is 0.853. The molecule has 0 unspecified atom stereocenters. The van der Waals surface area contributed by atoms with Crippen LogP contribution in [0.25, 0.3) is 0 Å². The Morgan fingerprint density at radius 1 is 1.32 bits per heavy atom. The van der Waals surface area contributed by atoms with Gasteiger partial charge in [-0.3, -0.25) is 4.90 Å². The molecule has 3 rings (SSSR count). The molecule has 22 heavy (non-hydrogen) atoms. The van der Waals surface area contributed by atoms with E-state index in [1.54, 1.807) is 23.7 Å². The number of imidazole rings is 1. The Morgan fingerprint density at radius 3 is 2.55 bits per heavy atom. The molecule has 6 nitrogen and oxygen atoms in total. The van der Waals surface area contributed by atoms with Gasteiger partial charge in [-0.25, -0.2) is 9.78 Å². The van der Waals surface area contributed by atoms with Gasteiger partial charge in [0.05, 0.1) is 12.7 Å². The van der Waals surface area contributed by atoms with Crippen LogP contribution < -0.4 is 0 Å². The first-order valence-electron chi connectivity index (χ1n) is 7.30. The summed E-state index contributed by atoms with van der Waals surface area (Å²) in [4.78, 5) is 17.6. The van der Waals surface area contributed by atoms with Crippen molar-refractivity contribution < 1.29 is 15.0 Å². The molecule has 0 amide bonds. The number of aromatic carboxylic acids is 1. The number of aromatic hydroxyl groups is 1. The Morgan fingerprint density at radius 2 is 2.00 bits per heavy atom. The van der Waals surface area contributed by atoms with Crippen molar-refractivity contribution in [2.45, 2.75) is 32.0 Å². The highest BCUT2D eigenvalue weighted by Gasteiger charge is 2.30. The third kappa shape index (κ3) is 3.12. The van der Waals surface area contributed by atoms with Crippen molar-refractivity contribution in [3.63, 3.8) is 0 Å². The van der Waals surface area contributed by atoms with Gasteiger partial charge >= 0.3 is 5.97 Å². The molecule has 0 saturated heterocycles. The highest BCUT2D eigenvalue weighted by atomic mass is 16.4. The predicted octanol–water partition coefficient (Wildman–Crippen LogP) is 1.99. The molecule has 0 aliphatic heterocycles. The van der Waals surface area contributed by atoms with E-state index >= 15 is 0 Å². The van der Waals surface area contributed by atoms with E-state index in [2.05, 4.69) is 9.88 Å². The summed E-state index contributed by atoms with van der Waals surface area (Å²) in [7, 11) is 1.73. The van der Waals surface area contributed by atoms with Gasteiger partial charge in [0.15, 0.2) is 0 Å². The molecule has 0 bridgehead atoms. The minimum Gasteiger partial charge on any atom is -0.508 e. The first kappa shape index (κ1) is 14.6. The number of phenols is 1. The van der Waals surface area contributed by atoms with Crippen LogP contribution in [0.3, 0.4) is 0 Å². The SMILES string of the molecule is Cn1c(C(=O)O)cnc1CN(Cc1ccc(O)cc1)C1CC1. The van der Waals surface area contributed by atoms with Gasteiger partial charge in [0.2, 0.25) is 0 Å². The number of hydrogen-bond donors (Lipinski definition) is 2. The number of rotatable bonds is 6. The second-order valence-electron chi connectivity index (χ2n) is 5.73. The van der Waals surface area contributed by atoms with Crippen LogP contribution in [-0.4, -0.2) is 36.7 Å². The average Bonchev–Trinajstić information content (AvgIpc) is 3.26. The first-order chi connectivity index (χ1) is 10.5. The summed E-state index contributed by atoms with van der Waals surface area (Å²) in [6.07, 6.45) is 3.73. The van der Waals surface area contributed by atoms with Crippen LogP contribution in [-0.2, 0) is 20.1 Å². The molecule has 0 atom stereocenters. The van der Waals surface area contributed by atoms with E-state index in [0.29, 0.717) is 12.6 Å². The van der Waals surface area contributed by atoms with Gasteiger partial charge in [0.1, 0.15) is 17.3 Å². The van der Waals surface area contributed by atoms with Gasteiger partial charge < -0.3 is 14.8 Å². The maximum Gasteiger partial charge on any atom is 0.354 e. The summed E-state index contributed by atoms with van der Waals surface area (Å²) in [5, 5.41) is 18.5. The minimum absolute atomic E-state index is 0.204. The third-order valence-electron chi connectivity index (χ3n) is 4.03. The molecule has 116 valence electrons. The van der Waals surface area contributed by atoms with Crippen molar-refractivity contribution in [3.8, 4) is 5.75 Å². The number of carbonyl (C=O) groups is 1. The van der Waals surface area contributed by atoms with Gasteiger partial charge in [0.25, 0.3) is 0 Å². The number of carboxylic acids is 1. The number of hydrogen-bond acceptors (Lipinski definition) is 4. The number of benzene rings is 1. The highest BCUT2D eigenvalue weighted by Crippen LogP contribution is 2.30. The lowest BCUT2D eigenvalue weighted by atomic mass is 10.2. The van der Waals surface area contributed by atoms with Gasteiger partial charge in [-0.15, -0.1) is 0 Å². The van der Waals surface area contributed by atoms with E-state index in [4.69, 9.17) is 5.11 Å². The average molecular weight is 301 g/mol. The van der Waals surface area contributed by atoms with Crippen molar-refractivity contribution in [2.75, 3.05) is 0 Å².